The van der Waals surface area contributed by atoms with Crippen LogP contribution in [0.15, 0.2) is 0 Å². The smallest absolute Gasteiger partial charge is 0.0324 e. The third kappa shape index (κ3) is 1.56. The normalized spacial score (nSPS) is 56.2. The SMILES string of the molecule is CC.CC1CC2CC1C1C(C)CC(C)C21. The van der Waals surface area contributed by atoms with Gasteiger partial charge in [-0.1, -0.05) is 34.6 Å². The maximum atomic E-state index is 2.51. The van der Waals surface area contributed by atoms with Crippen molar-refractivity contribution in [2.45, 2.75) is 53.9 Å². The molecule has 3 fully saturated rings. The van der Waals surface area contributed by atoms with Crippen LogP contribution in [0.2, 0.25) is 0 Å². The Morgan fingerprint density at radius 2 is 1.27 bits per heavy atom. The Morgan fingerprint density at radius 1 is 0.667 bits per heavy atom. The summed E-state index contributed by atoms with van der Waals surface area (Å²) < 4.78 is 0. The molecule has 7 atom stereocenters. The van der Waals surface area contributed by atoms with E-state index in [2.05, 4.69) is 20.8 Å². The Kier molecular flexibility index (Phi) is 3.14. The quantitative estimate of drug-likeness (QED) is 0.546. The third-order valence-electron chi connectivity index (χ3n) is 5.52. The molecular formula is C15H28. The van der Waals surface area contributed by atoms with E-state index in [-0.39, 0.29) is 0 Å². The van der Waals surface area contributed by atoms with Gasteiger partial charge in [-0.05, 0) is 60.7 Å². The van der Waals surface area contributed by atoms with E-state index in [4.69, 9.17) is 0 Å². The van der Waals surface area contributed by atoms with Crippen molar-refractivity contribution < 1.29 is 0 Å². The van der Waals surface area contributed by atoms with Crippen LogP contribution in [0.3, 0.4) is 0 Å². The molecule has 0 heterocycles. The van der Waals surface area contributed by atoms with Gasteiger partial charge < -0.3 is 0 Å². The molecule has 88 valence electrons. The molecule has 0 heteroatoms. The Morgan fingerprint density at radius 3 is 1.93 bits per heavy atom. The van der Waals surface area contributed by atoms with Crippen LogP contribution in [0, 0.1) is 41.4 Å². The predicted octanol–water partition coefficient (Wildman–Crippen LogP) is 4.60. The second-order valence-corrected chi connectivity index (χ2v) is 6.22. The molecule has 0 aromatic rings. The highest BCUT2D eigenvalue weighted by Gasteiger charge is 2.57. The molecule has 2 bridgehead atoms. The zero-order chi connectivity index (χ0) is 11.2. The molecule has 3 rings (SSSR count). The van der Waals surface area contributed by atoms with Crippen molar-refractivity contribution >= 4 is 0 Å². The lowest BCUT2D eigenvalue weighted by Crippen LogP contribution is -2.27. The second-order valence-electron chi connectivity index (χ2n) is 6.22. The molecule has 0 aliphatic heterocycles. The lowest BCUT2D eigenvalue weighted by Gasteiger charge is -2.33. The summed E-state index contributed by atoms with van der Waals surface area (Å²) in [5.74, 6) is 7.65. The van der Waals surface area contributed by atoms with Crippen molar-refractivity contribution in [3.05, 3.63) is 0 Å². The lowest BCUT2D eigenvalue weighted by atomic mass is 9.72. The van der Waals surface area contributed by atoms with Crippen LogP contribution in [0.25, 0.3) is 0 Å². The maximum Gasteiger partial charge on any atom is -0.0324 e. The average Bonchev–Trinajstić information content (AvgIpc) is 2.83. The number of hydrogen-bond acceptors (Lipinski definition) is 0. The zero-order valence-electron chi connectivity index (χ0n) is 11.2. The minimum absolute atomic E-state index is 1.04. The first-order valence-electron chi connectivity index (χ1n) is 7.18. The predicted molar refractivity (Wildman–Crippen MR) is 66.7 cm³/mol. The average molecular weight is 208 g/mol. The van der Waals surface area contributed by atoms with E-state index in [9.17, 15) is 0 Å². The molecule has 3 aliphatic rings. The van der Waals surface area contributed by atoms with Crippen LogP contribution < -0.4 is 0 Å². The molecule has 0 nitrogen and oxygen atoms in total. The van der Waals surface area contributed by atoms with Crippen LogP contribution in [0.4, 0.5) is 0 Å². The molecule has 0 amide bonds. The molecule has 0 aromatic carbocycles. The van der Waals surface area contributed by atoms with Gasteiger partial charge in [-0.2, -0.15) is 0 Å². The highest BCUT2D eigenvalue weighted by Crippen LogP contribution is 2.64. The van der Waals surface area contributed by atoms with Crippen LogP contribution in [0.1, 0.15) is 53.9 Å². The van der Waals surface area contributed by atoms with Gasteiger partial charge >= 0.3 is 0 Å². The van der Waals surface area contributed by atoms with Crippen LogP contribution >= 0.6 is 0 Å². The first-order valence-corrected chi connectivity index (χ1v) is 7.18. The minimum atomic E-state index is 1.04. The molecule has 7 unspecified atom stereocenters. The van der Waals surface area contributed by atoms with E-state index in [1.807, 2.05) is 13.8 Å². The van der Waals surface area contributed by atoms with Crippen LogP contribution in [-0.4, -0.2) is 0 Å². The molecule has 0 spiro atoms. The van der Waals surface area contributed by atoms with E-state index in [0.29, 0.717) is 0 Å². The van der Waals surface area contributed by atoms with Gasteiger partial charge in [0.2, 0.25) is 0 Å². The van der Waals surface area contributed by atoms with Crippen molar-refractivity contribution in [1.29, 1.82) is 0 Å². The fraction of sp³-hybridized carbons (Fsp3) is 1.00. The minimum Gasteiger partial charge on any atom is -0.0683 e. The molecule has 15 heavy (non-hydrogen) atoms. The number of rotatable bonds is 0. The summed E-state index contributed by atoms with van der Waals surface area (Å²) in [6.07, 6.45) is 4.67. The largest absolute Gasteiger partial charge is 0.0683 e. The van der Waals surface area contributed by atoms with Crippen LogP contribution in [0.5, 0.6) is 0 Å². The number of hydrogen-bond donors (Lipinski definition) is 0. The second kappa shape index (κ2) is 4.11. The van der Waals surface area contributed by atoms with E-state index in [1.54, 1.807) is 12.8 Å². The molecular weight excluding hydrogens is 180 g/mol. The van der Waals surface area contributed by atoms with Gasteiger partial charge in [0.15, 0.2) is 0 Å². The third-order valence-corrected chi connectivity index (χ3v) is 5.52. The van der Waals surface area contributed by atoms with Crippen LogP contribution in [-0.2, 0) is 0 Å². The maximum absolute atomic E-state index is 2.51. The van der Waals surface area contributed by atoms with Gasteiger partial charge in [-0.15, -0.1) is 0 Å². The van der Waals surface area contributed by atoms with Crippen molar-refractivity contribution in [3.8, 4) is 0 Å². The monoisotopic (exact) mass is 208 g/mol. The van der Waals surface area contributed by atoms with Gasteiger partial charge in [0, 0.05) is 0 Å². The molecule has 0 radical (unpaired) electrons. The molecule has 3 aliphatic carbocycles. The van der Waals surface area contributed by atoms with E-state index >= 15 is 0 Å². The van der Waals surface area contributed by atoms with E-state index in [0.717, 1.165) is 41.4 Å². The highest BCUT2D eigenvalue weighted by molar-refractivity contribution is 5.05. The molecule has 3 saturated carbocycles. The van der Waals surface area contributed by atoms with Gasteiger partial charge in [0.25, 0.3) is 0 Å². The Balaban J connectivity index is 0.000000404. The van der Waals surface area contributed by atoms with Gasteiger partial charge in [0.05, 0.1) is 0 Å². The summed E-state index contributed by atoms with van der Waals surface area (Å²) in [6.45, 7) is 11.5. The standard InChI is InChI=1S/C13H22.C2H6/c1-7-5-10-6-11(7)13-9(3)4-8(2)12(10)13;1-2/h7-13H,4-6H2,1-3H3;1-2H3. The summed E-state index contributed by atoms with van der Waals surface area (Å²) in [5, 5.41) is 0. The summed E-state index contributed by atoms with van der Waals surface area (Å²) in [4.78, 5) is 0. The molecule has 0 aromatic heterocycles. The summed E-state index contributed by atoms with van der Waals surface area (Å²) in [5.41, 5.74) is 0. The first-order chi connectivity index (χ1) is 7.18. The van der Waals surface area contributed by atoms with Crippen molar-refractivity contribution in [2.24, 2.45) is 41.4 Å². The zero-order valence-corrected chi connectivity index (χ0v) is 11.2. The molecule has 0 saturated heterocycles. The van der Waals surface area contributed by atoms with E-state index in [1.165, 1.54) is 6.42 Å². The van der Waals surface area contributed by atoms with Gasteiger partial charge in [0.1, 0.15) is 0 Å². The first kappa shape index (κ1) is 11.5. The Labute approximate surface area is 95.8 Å². The highest BCUT2D eigenvalue weighted by atomic mass is 14.6. The Bertz CT molecular complexity index is 220. The topological polar surface area (TPSA) is 0 Å². The Hall–Kier alpha value is 0. The lowest BCUT2D eigenvalue weighted by molar-refractivity contribution is 0.154. The van der Waals surface area contributed by atoms with E-state index < -0.39 is 0 Å². The van der Waals surface area contributed by atoms with Crippen molar-refractivity contribution in [2.75, 3.05) is 0 Å². The summed E-state index contributed by atoms with van der Waals surface area (Å²) >= 11 is 0. The number of fused-ring (bicyclic) bond motifs is 5. The summed E-state index contributed by atoms with van der Waals surface area (Å²) in [6, 6.07) is 0. The fourth-order valence-electron chi connectivity index (χ4n) is 5.33. The van der Waals surface area contributed by atoms with Gasteiger partial charge in [-0.3, -0.25) is 0 Å². The molecule has 0 N–H and O–H groups in total. The van der Waals surface area contributed by atoms with Crippen molar-refractivity contribution in [1.82, 2.24) is 0 Å². The fourth-order valence-corrected chi connectivity index (χ4v) is 5.33. The van der Waals surface area contributed by atoms with Gasteiger partial charge in [-0.25, -0.2) is 0 Å². The van der Waals surface area contributed by atoms with Crippen molar-refractivity contribution in [3.63, 3.8) is 0 Å². The summed E-state index contributed by atoms with van der Waals surface area (Å²) in [7, 11) is 0.